The predicted octanol–water partition coefficient (Wildman–Crippen LogP) is 3.50. The van der Waals surface area contributed by atoms with Gasteiger partial charge in [0, 0.05) is 5.54 Å². The zero-order chi connectivity index (χ0) is 11.8. The first-order valence-electron chi connectivity index (χ1n) is 6.10. The number of hydrogen-bond acceptors (Lipinski definition) is 1. The van der Waals surface area contributed by atoms with E-state index in [1.165, 1.54) is 12.8 Å². The Bertz CT molecular complexity index is 388. The molecule has 0 aliphatic heterocycles. The van der Waals surface area contributed by atoms with Crippen molar-refractivity contribution in [3.63, 3.8) is 0 Å². The molecule has 2 unspecified atom stereocenters. The maximum absolute atomic E-state index is 13.5. The third-order valence-corrected chi connectivity index (χ3v) is 3.98. The van der Waals surface area contributed by atoms with Crippen LogP contribution in [0.4, 0.5) is 4.39 Å². The Morgan fingerprint density at radius 1 is 1.50 bits per heavy atom. The molecule has 88 valence electrons. The molecule has 2 rings (SSSR count). The van der Waals surface area contributed by atoms with Crippen LogP contribution in [0.25, 0.3) is 0 Å². The van der Waals surface area contributed by atoms with Gasteiger partial charge in [-0.2, -0.15) is 0 Å². The highest BCUT2D eigenvalue weighted by Gasteiger charge is 2.36. The summed E-state index contributed by atoms with van der Waals surface area (Å²) in [5, 5.41) is 0. The molecule has 0 saturated heterocycles. The Morgan fingerprint density at radius 2 is 2.25 bits per heavy atom. The molecule has 0 radical (unpaired) electrons. The van der Waals surface area contributed by atoms with Crippen molar-refractivity contribution >= 4 is 0 Å². The molecule has 1 aliphatic carbocycles. The number of rotatable bonds is 2. The first-order valence-corrected chi connectivity index (χ1v) is 6.10. The summed E-state index contributed by atoms with van der Waals surface area (Å²) in [6.07, 6.45) is 4.32. The van der Waals surface area contributed by atoms with Gasteiger partial charge in [-0.25, -0.2) is 4.39 Å². The fraction of sp³-hybridized carbons (Fsp3) is 0.571. The number of aryl methyl sites for hydroxylation is 1. The topological polar surface area (TPSA) is 26.0 Å². The predicted molar refractivity (Wildman–Crippen MR) is 64.6 cm³/mol. The SMILES string of the molecule is CCC1CCC(N)(c2ccc(C)c(F)c2)C1. The fourth-order valence-electron chi connectivity index (χ4n) is 2.69. The van der Waals surface area contributed by atoms with Crippen LogP contribution in [0.2, 0.25) is 0 Å². The van der Waals surface area contributed by atoms with Crippen molar-refractivity contribution in [2.24, 2.45) is 11.7 Å². The van der Waals surface area contributed by atoms with Crippen molar-refractivity contribution in [1.82, 2.24) is 0 Å². The third kappa shape index (κ3) is 1.99. The Morgan fingerprint density at radius 3 is 2.81 bits per heavy atom. The van der Waals surface area contributed by atoms with Crippen molar-refractivity contribution < 1.29 is 4.39 Å². The first-order chi connectivity index (χ1) is 7.55. The lowest BCUT2D eigenvalue weighted by Gasteiger charge is -2.25. The van der Waals surface area contributed by atoms with Gasteiger partial charge in [0.05, 0.1) is 0 Å². The van der Waals surface area contributed by atoms with Crippen LogP contribution >= 0.6 is 0 Å². The van der Waals surface area contributed by atoms with Gasteiger partial charge in [-0.1, -0.05) is 25.5 Å². The maximum Gasteiger partial charge on any atom is 0.126 e. The lowest BCUT2D eigenvalue weighted by Crippen LogP contribution is -2.33. The van der Waals surface area contributed by atoms with Gasteiger partial charge in [-0.05, 0) is 49.3 Å². The molecule has 2 atom stereocenters. The van der Waals surface area contributed by atoms with E-state index in [9.17, 15) is 4.39 Å². The van der Waals surface area contributed by atoms with Gasteiger partial charge in [-0.3, -0.25) is 0 Å². The van der Waals surface area contributed by atoms with Gasteiger partial charge in [0.25, 0.3) is 0 Å². The third-order valence-electron chi connectivity index (χ3n) is 3.98. The standard InChI is InChI=1S/C14H20FN/c1-3-11-6-7-14(16,9-11)12-5-4-10(2)13(15)8-12/h4-5,8,11H,3,6-7,9,16H2,1-2H3. The van der Waals surface area contributed by atoms with Crippen LogP contribution in [-0.4, -0.2) is 0 Å². The molecule has 0 heterocycles. The minimum Gasteiger partial charge on any atom is -0.321 e. The quantitative estimate of drug-likeness (QED) is 0.812. The van der Waals surface area contributed by atoms with Crippen molar-refractivity contribution in [3.05, 3.63) is 35.1 Å². The molecule has 0 aromatic heterocycles. The number of benzene rings is 1. The van der Waals surface area contributed by atoms with E-state index in [2.05, 4.69) is 6.92 Å². The van der Waals surface area contributed by atoms with Crippen LogP contribution in [0.3, 0.4) is 0 Å². The van der Waals surface area contributed by atoms with E-state index in [0.29, 0.717) is 11.5 Å². The number of nitrogens with two attached hydrogens (primary N) is 1. The fourth-order valence-corrected chi connectivity index (χ4v) is 2.69. The van der Waals surface area contributed by atoms with Crippen LogP contribution < -0.4 is 5.73 Å². The summed E-state index contributed by atoms with van der Waals surface area (Å²) in [5.74, 6) is 0.566. The van der Waals surface area contributed by atoms with E-state index in [0.717, 1.165) is 18.4 Å². The van der Waals surface area contributed by atoms with Gasteiger partial charge >= 0.3 is 0 Å². The van der Waals surface area contributed by atoms with E-state index in [-0.39, 0.29) is 11.4 Å². The summed E-state index contributed by atoms with van der Waals surface area (Å²) in [7, 11) is 0. The lowest BCUT2D eigenvalue weighted by atomic mass is 9.87. The first kappa shape index (κ1) is 11.6. The zero-order valence-corrected chi connectivity index (χ0v) is 10.1. The molecule has 1 aromatic carbocycles. The Hall–Kier alpha value is -0.890. The molecule has 1 fully saturated rings. The minimum atomic E-state index is -0.296. The molecule has 1 aromatic rings. The van der Waals surface area contributed by atoms with Crippen LogP contribution in [-0.2, 0) is 5.54 Å². The summed E-state index contributed by atoms with van der Waals surface area (Å²) in [5.41, 5.74) is 7.76. The Kier molecular flexibility index (Phi) is 3.02. The largest absolute Gasteiger partial charge is 0.321 e. The highest BCUT2D eigenvalue weighted by molar-refractivity contribution is 5.30. The molecule has 2 N–H and O–H groups in total. The van der Waals surface area contributed by atoms with Crippen molar-refractivity contribution in [1.29, 1.82) is 0 Å². The number of hydrogen-bond donors (Lipinski definition) is 1. The highest BCUT2D eigenvalue weighted by atomic mass is 19.1. The second kappa shape index (κ2) is 4.17. The molecule has 2 heteroatoms. The second-order valence-electron chi connectivity index (χ2n) is 5.14. The molecule has 0 spiro atoms. The van der Waals surface area contributed by atoms with Gasteiger partial charge in [0.1, 0.15) is 5.82 Å². The van der Waals surface area contributed by atoms with E-state index in [4.69, 9.17) is 5.73 Å². The van der Waals surface area contributed by atoms with E-state index in [1.807, 2.05) is 12.1 Å². The molecule has 0 bridgehead atoms. The monoisotopic (exact) mass is 221 g/mol. The molecule has 1 saturated carbocycles. The molecule has 1 aliphatic rings. The highest BCUT2D eigenvalue weighted by Crippen LogP contribution is 2.41. The summed E-state index contributed by atoms with van der Waals surface area (Å²) < 4.78 is 13.5. The summed E-state index contributed by atoms with van der Waals surface area (Å²) in [6.45, 7) is 3.98. The van der Waals surface area contributed by atoms with E-state index < -0.39 is 0 Å². The summed E-state index contributed by atoms with van der Waals surface area (Å²) in [6, 6.07) is 5.43. The lowest BCUT2D eigenvalue weighted by molar-refractivity contribution is 0.422. The average Bonchev–Trinajstić information content (AvgIpc) is 2.66. The van der Waals surface area contributed by atoms with Crippen molar-refractivity contribution in [2.75, 3.05) is 0 Å². The average molecular weight is 221 g/mol. The molecule has 0 amide bonds. The second-order valence-corrected chi connectivity index (χ2v) is 5.14. The maximum atomic E-state index is 13.5. The van der Waals surface area contributed by atoms with Gasteiger partial charge in [-0.15, -0.1) is 0 Å². The van der Waals surface area contributed by atoms with E-state index in [1.54, 1.807) is 13.0 Å². The van der Waals surface area contributed by atoms with E-state index >= 15 is 0 Å². The minimum absolute atomic E-state index is 0.137. The smallest absolute Gasteiger partial charge is 0.126 e. The molecule has 16 heavy (non-hydrogen) atoms. The van der Waals surface area contributed by atoms with Crippen LogP contribution in [0.5, 0.6) is 0 Å². The Balaban J connectivity index is 2.27. The van der Waals surface area contributed by atoms with Gasteiger partial charge in [0.15, 0.2) is 0 Å². The summed E-state index contributed by atoms with van der Waals surface area (Å²) in [4.78, 5) is 0. The molecular weight excluding hydrogens is 201 g/mol. The molecule has 1 nitrogen and oxygen atoms in total. The normalized spacial score (nSPS) is 29.6. The van der Waals surface area contributed by atoms with Crippen LogP contribution in [0, 0.1) is 18.7 Å². The zero-order valence-electron chi connectivity index (χ0n) is 10.1. The molecular formula is C14H20FN. The van der Waals surface area contributed by atoms with Crippen molar-refractivity contribution in [2.45, 2.75) is 45.1 Å². The summed E-state index contributed by atoms with van der Waals surface area (Å²) >= 11 is 0. The van der Waals surface area contributed by atoms with Crippen LogP contribution in [0.15, 0.2) is 18.2 Å². The van der Waals surface area contributed by atoms with Crippen LogP contribution in [0.1, 0.15) is 43.7 Å². The number of halogens is 1. The Labute approximate surface area is 96.9 Å². The van der Waals surface area contributed by atoms with Crippen molar-refractivity contribution in [3.8, 4) is 0 Å². The van der Waals surface area contributed by atoms with Gasteiger partial charge < -0.3 is 5.73 Å². The van der Waals surface area contributed by atoms with Gasteiger partial charge in [0.2, 0.25) is 0 Å².